The molecule has 0 bridgehead atoms. The Morgan fingerprint density at radius 3 is 1.50 bits per heavy atom. The predicted octanol–water partition coefficient (Wildman–Crippen LogP) is -0.368. The molecule has 0 fully saturated rings. The number of aliphatic hydroxyl groups excluding tert-OH is 3. The molecule has 16 heavy (non-hydrogen) atoms. The first-order valence-corrected chi connectivity index (χ1v) is 7.14. The van der Waals surface area contributed by atoms with Gasteiger partial charge in [0.1, 0.15) is 0 Å². The van der Waals surface area contributed by atoms with Crippen molar-refractivity contribution in [1.29, 1.82) is 0 Å². The fourth-order valence-corrected chi connectivity index (χ4v) is 1.52. The number of nitrogens with zero attached hydrogens (tertiary/aromatic N) is 3. The molecule has 0 atom stereocenters. The van der Waals surface area contributed by atoms with Crippen LogP contribution in [-0.4, -0.2) is 63.2 Å². The van der Waals surface area contributed by atoms with Gasteiger partial charge in [0.15, 0.2) is 0 Å². The molecular weight excluding hydrogens is 319 g/mol. The monoisotopic (exact) mass is 341 g/mol. The third-order valence-electron chi connectivity index (χ3n) is 1.50. The fourth-order valence-electron chi connectivity index (χ4n) is 0.354. The Morgan fingerprint density at radius 2 is 1.50 bits per heavy atom. The maximum Gasteiger partial charge on any atom is 0.0856 e. The van der Waals surface area contributed by atoms with E-state index in [-0.39, 0.29) is 0 Å². The summed E-state index contributed by atoms with van der Waals surface area (Å²) in [6, 6.07) is 0. The Balaban J connectivity index is -0.000000181. The number of aliphatic hydroxyl groups is 3. The maximum atomic E-state index is 8.34. The summed E-state index contributed by atoms with van der Waals surface area (Å²) >= 11 is 1.45. The van der Waals surface area contributed by atoms with Gasteiger partial charge in [-0.2, -0.15) is 0 Å². The Kier molecular flexibility index (Phi) is 23.0. The molecule has 7 nitrogen and oxygen atoms in total. The van der Waals surface area contributed by atoms with Crippen LogP contribution >= 0.6 is 0 Å². The van der Waals surface area contributed by atoms with Crippen molar-refractivity contribution in [2.75, 3.05) is 19.8 Å². The molecule has 5 N–H and O–H groups in total. The number of rotatable bonds is 5. The van der Waals surface area contributed by atoms with Gasteiger partial charge in [0.05, 0.1) is 25.4 Å². The normalized spacial score (nSPS) is 9.12. The van der Waals surface area contributed by atoms with Gasteiger partial charge in [-0.1, -0.05) is 0 Å². The third-order valence-corrected chi connectivity index (χ3v) is 2.67. The van der Waals surface area contributed by atoms with Crippen LogP contribution in [0, 0.1) is 0 Å². The number of hydrogen-bond acceptors (Lipinski definition) is 4. The number of nitrogens with two attached hydrogens (primary N) is 1. The van der Waals surface area contributed by atoms with Gasteiger partial charge in [0.25, 0.3) is 0 Å². The molecule has 0 saturated heterocycles. The average molecular weight is 340 g/mol. The molecular formula is C8H21N4O3Sn-. The number of hydrogen-bond donors (Lipinski definition) is 4. The molecule has 0 amide bonds. The molecule has 8 heteroatoms. The van der Waals surface area contributed by atoms with Crippen molar-refractivity contribution in [3.8, 4) is 0 Å². The van der Waals surface area contributed by atoms with Gasteiger partial charge in [-0.15, -0.1) is 0 Å². The van der Waals surface area contributed by atoms with E-state index in [2.05, 4.69) is 6.92 Å². The summed E-state index contributed by atoms with van der Waals surface area (Å²) in [4.78, 5) is 1.50. The molecule has 0 aliphatic heterocycles. The second kappa shape index (κ2) is 17.3. The molecule has 0 spiro atoms. The van der Waals surface area contributed by atoms with E-state index in [9.17, 15) is 0 Å². The molecule has 0 aromatic rings. The van der Waals surface area contributed by atoms with Gasteiger partial charge in [-0.25, -0.2) is 0 Å². The van der Waals surface area contributed by atoms with Crippen LogP contribution < -0.4 is 5.73 Å². The van der Waals surface area contributed by atoms with Crippen LogP contribution in [0.5, 0.6) is 0 Å². The summed E-state index contributed by atoms with van der Waals surface area (Å²) in [6.07, 6.45) is 2.82. The zero-order chi connectivity index (χ0) is 13.4. The molecule has 96 valence electrons. The Bertz CT molecular complexity index is 151. The van der Waals surface area contributed by atoms with E-state index in [1.54, 1.807) is 0 Å². The first-order chi connectivity index (χ1) is 7.51. The van der Waals surface area contributed by atoms with E-state index in [1.807, 2.05) is 0 Å². The van der Waals surface area contributed by atoms with Crippen LogP contribution in [0.4, 0.5) is 0 Å². The first-order valence-electron chi connectivity index (χ1n) is 4.81. The van der Waals surface area contributed by atoms with Crippen molar-refractivity contribution in [2.24, 2.45) is 5.73 Å². The average Bonchev–Trinajstić information content (AvgIpc) is 2.31. The van der Waals surface area contributed by atoms with E-state index < -0.39 is 25.4 Å². The van der Waals surface area contributed by atoms with Gasteiger partial charge in [-0.3, -0.25) is 4.91 Å². The summed E-state index contributed by atoms with van der Waals surface area (Å²) in [5, 5.41) is 25.0. The standard InChI is InChI=1S/C4H11NO3.C4H9.N3.Sn.H/c5-4(1-6,2-7)3-8;1-3-4-2;1-3-2;;/h6-8H,1-3,5H2;1,3-4H2,2H3;;;/q;;-1;;. The minimum atomic E-state index is -1.21. The van der Waals surface area contributed by atoms with Crippen LogP contribution in [0.15, 0.2) is 0 Å². The number of unbranched alkanes of at least 4 members (excludes halogenated alkanes) is 1. The fraction of sp³-hybridized carbons (Fsp3) is 1.00. The molecule has 0 heterocycles. The van der Waals surface area contributed by atoms with E-state index >= 15 is 0 Å². The van der Waals surface area contributed by atoms with Crippen molar-refractivity contribution in [3.63, 3.8) is 0 Å². The Morgan fingerprint density at radius 1 is 1.19 bits per heavy atom. The van der Waals surface area contributed by atoms with Gasteiger partial charge in [0.2, 0.25) is 0 Å². The van der Waals surface area contributed by atoms with Gasteiger partial charge in [0, 0.05) is 0 Å². The van der Waals surface area contributed by atoms with Crippen molar-refractivity contribution in [3.05, 3.63) is 16.0 Å². The van der Waals surface area contributed by atoms with E-state index in [0.29, 0.717) is 0 Å². The van der Waals surface area contributed by atoms with Crippen molar-refractivity contribution < 1.29 is 15.3 Å². The second-order valence-corrected chi connectivity index (χ2v) is 4.72. The van der Waals surface area contributed by atoms with Crippen molar-refractivity contribution >= 4 is 22.5 Å². The summed E-state index contributed by atoms with van der Waals surface area (Å²) in [6.45, 7) is 1.02. The predicted molar refractivity (Wildman–Crippen MR) is 65.1 cm³/mol. The zero-order valence-corrected chi connectivity index (χ0v) is 12.9. The molecule has 0 aromatic heterocycles. The SMILES string of the molecule is CCC[CH2][SnH].NC(CO)(CO)CO.[N-]=[N+]=[N-]. The molecule has 0 aliphatic rings. The summed E-state index contributed by atoms with van der Waals surface area (Å²) in [5.74, 6) is 0. The van der Waals surface area contributed by atoms with E-state index in [0.717, 1.165) is 0 Å². The quantitative estimate of drug-likeness (QED) is 0.234. The minimum absolute atomic E-state index is 0.403. The van der Waals surface area contributed by atoms with E-state index in [1.165, 1.54) is 44.7 Å². The van der Waals surface area contributed by atoms with Crippen molar-refractivity contribution in [2.45, 2.75) is 29.7 Å². The topological polar surface area (TPSA) is 145 Å². The third kappa shape index (κ3) is 19.5. The summed E-state index contributed by atoms with van der Waals surface area (Å²) in [5.41, 5.74) is 17.4. The van der Waals surface area contributed by atoms with Crippen molar-refractivity contribution in [1.82, 2.24) is 0 Å². The van der Waals surface area contributed by atoms with E-state index in [4.69, 9.17) is 32.1 Å². The van der Waals surface area contributed by atoms with Crippen LogP contribution in [0.2, 0.25) is 4.44 Å². The first kappa shape index (κ1) is 21.3. The largest absolute Gasteiger partial charge is 0.394 e. The van der Waals surface area contributed by atoms with Crippen LogP contribution in [0.3, 0.4) is 0 Å². The molecule has 0 saturated carbocycles. The molecule has 0 aliphatic carbocycles. The molecule has 0 unspecified atom stereocenters. The van der Waals surface area contributed by atoms with Crippen LogP contribution in [0.25, 0.3) is 16.0 Å². The Hall–Kier alpha value is -0.0513. The van der Waals surface area contributed by atoms with Crippen LogP contribution in [-0.2, 0) is 0 Å². The minimum Gasteiger partial charge on any atom is -0.394 e. The second-order valence-electron chi connectivity index (χ2n) is 3.07. The van der Waals surface area contributed by atoms with Gasteiger partial charge >= 0.3 is 46.7 Å². The molecule has 2 radical (unpaired) electrons. The zero-order valence-electron chi connectivity index (χ0n) is 9.58. The molecule has 0 rings (SSSR count). The summed E-state index contributed by atoms with van der Waals surface area (Å²) in [7, 11) is 0. The van der Waals surface area contributed by atoms with Gasteiger partial charge < -0.3 is 32.1 Å². The maximum absolute atomic E-state index is 8.34. The smallest absolute Gasteiger partial charge is 0.0856 e. The molecule has 0 aromatic carbocycles. The van der Waals surface area contributed by atoms with Crippen LogP contribution in [0.1, 0.15) is 19.8 Å². The van der Waals surface area contributed by atoms with Gasteiger partial charge in [-0.05, 0) is 0 Å². The Labute approximate surface area is 109 Å². The summed E-state index contributed by atoms with van der Waals surface area (Å²) < 4.78 is 1.47.